The second-order valence-electron chi connectivity index (χ2n) is 5.45. The van der Waals surface area contributed by atoms with E-state index in [1.807, 2.05) is 13.8 Å². The van der Waals surface area contributed by atoms with E-state index >= 15 is 0 Å². The third-order valence-electron chi connectivity index (χ3n) is 3.49. The van der Waals surface area contributed by atoms with Gasteiger partial charge in [-0.2, -0.15) is 0 Å². The molecule has 2 amide bonds. The van der Waals surface area contributed by atoms with Crippen molar-refractivity contribution in [2.75, 3.05) is 20.1 Å². The average Bonchev–Trinajstić information content (AvgIpc) is 2.74. The van der Waals surface area contributed by atoms with Gasteiger partial charge in [0, 0.05) is 19.0 Å². The molecule has 0 aromatic carbocycles. The number of rotatable bonds is 5. The van der Waals surface area contributed by atoms with Crippen molar-refractivity contribution in [1.82, 2.24) is 10.2 Å². The third-order valence-corrected chi connectivity index (χ3v) is 3.49. The quantitative estimate of drug-likeness (QED) is 0.785. The summed E-state index contributed by atoms with van der Waals surface area (Å²) in [5.74, 6) is 0.241. The minimum Gasteiger partial charge on any atom is -0.352 e. The molecule has 1 aliphatic rings. The van der Waals surface area contributed by atoms with Crippen molar-refractivity contribution in [3.05, 3.63) is 0 Å². The minimum atomic E-state index is -0.108. The van der Waals surface area contributed by atoms with Crippen LogP contribution in [-0.2, 0) is 9.59 Å². The van der Waals surface area contributed by atoms with Gasteiger partial charge in [-0.1, -0.05) is 6.42 Å². The molecular formula is C13H26ClN3O2. The van der Waals surface area contributed by atoms with Crippen LogP contribution < -0.4 is 11.1 Å². The van der Waals surface area contributed by atoms with E-state index in [1.165, 1.54) is 4.90 Å². The van der Waals surface area contributed by atoms with E-state index in [2.05, 4.69) is 5.32 Å². The molecule has 0 aliphatic heterocycles. The monoisotopic (exact) mass is 291 g/mol. The zero-order valence-electron chi connectivity index (χ0n) is 12.0. The second kappa shape index (κ2) is 8.38. The standard InChI is InChI=1S/C13H25N3O2.ClH/c1-9(2)15-12(17)8-16(3)13(18)11-6-4-5-10(11)7-14;/h9-11H,4-8,14H2,1-3H3,(H,15,17);1H/t10-,11-;/m1./s1. The number of hydrogen-bond acceptors (Lipinski definition) is 3. The maximum Gasteiger partial charge on any atom is 0.239 e. The van der Waals surface area contributed by atoms with Crippen LogP contribution in [0, 0.1) is 11.8 Å². The predicted octanol–water partition coefficient (Wildman–Crippen LogP) is 0.766. The van der Waals surface area contributed by atoms with Crippen LogP contribution in [0.15, 0.2) is 0 Å². The lowest BCUT2D eigenvalue weighted by Crippen LogP contribution is -2.44. The number of carbonyl (C=O) groups is 2. The highest BCUT2D eigenvalue weighted by molar-refractivity contribution is 5.86. The van der Waals surface area contributed by atoms with Gasteiger partial charge < -0.3 is 16.0 Å². The molecule has 5 nitrogen and oxygen atoms in total. The first kappa shape index (κ1) is 18.2. The zero-order chi connectivity index (χ0) is 13.7. The van der Waals surface area contributed by atoms with Crippen molar-refractivity contribution < 1.29 is 9.59 Å². The van der Waals surface area contributed by atoms with Crippen LogP contribution in [0.5, 0.6) is 0 Å². The summed E-state index contributed by atoms with van der Waals surface area (Å²) in [6.45, 7) is 4.50. The van der Waals surface area contributed by atoms with Gasteiger partial charge in [-0.25, -0.2) is 0 Å². The molecule has 0 aromatic rings. The number of likely N-dealkylation sites (N-methyl/N-ethyl adjacent to an activating group) is 1. The summed E-state index contributed by atoms with van der Waals surface area (Å²) in [6.07, 6.45) is 2.99. The number of carbonyl (C=O) groups excluding carboxylic acids is 2. The van der Waals surface area contributed by atoms with Crippen LogP contribution in [0.25, 0.3) is 0 Å². The summed E-state index contributed by atoms with van der Waals surface area (Å²) in [7, 11) is 1.69. The van der Waals surface area contributed by atoms with Crippen molar-refractivity contribution in [2.24, 2.45) is 17.6 Å². The Bertz CT molecular complexity index is 310. The number of nitrogens with zero attached hydrogens (tertiary/aromatic N) is 1. The molecule has 1 aliphatic carbocycles. The van der Waals surface area contributed by atoms with Gasteiger partial charge in [-0.3, -0.25) is 9.59 Å². The highest BCUT2D eigenvalue weighted by Gasteiger charge is 2.34. The van der Waals surface area contributed by atoms with Crippen molar-refractivity contribution in [3.8, 4) is 0 Å². The molecule has 0 aromatic heterocycles. The molecule has 0 bridgehead atoms. The number of hydrogen-bond donors (Lipinski definition) is 2. The van der Waals surface area contributed by atoms with Crippen LogP contribution >= 0.6 is 12.4 Å². The Morgan fingerprint density at radius 1 is 1.37 bits per heavy atom. The Labute approximate surface area is 121 Å². The fourth-order valence-corrected chi connectivity index (χ4v) is 2.59. The molecule has 0 radical (unpaired) electrons. The molecule has 1 saturated carbocycles. The lowest BCUT2D eigenvalue weighted by Gasteiger charge is -2.24. The van der Waals surface area contributed by atoms with Gasteiger partial charge in [-0.15, -0.1) is 12.4 Å². The highest BCUT2D eigenvalue weighted by Crippen LogP contribution is 2.32. The topological polar surface area (TPSA) is 75.4 Å². The molecule has 0 heterocycles. The van der Waals surface area contributed by atoms with E-state index in [1.54, 1.807) is 7.05 Å². The summed E-state index contributed by atoms with van der Waals surface area (Å²) in [5.41, 5.74) is 5.68. The predicted molar refractivity (Wildman–Crippen MR) is 78.0 cm³/mol. The molecular weight excluding hydrogens is 266 g/mol. The summed E-state index contributed by atoms with van der Waals surface area (Å²) >= 11 is 0. The molecule has 1 fully saturated rings. The van der Waals surface area contributed by atoms with Gasteiger partial charge in [0.15, 0.2) is 0 Å². The van der Waals surface area contributed by atoms with Gasteiger partial charge in [0.1, 0.15) is 0 Å². The molecule has 0 unspecified atom stereocenters. The number of amides is 2. The highest BCUT2D eigenvalue weighted by atomic mass is 35.5. The van der Waals surface area contributed by atoms with Crippen molar-refractivity contribution in [1.29, 1.82) is 0 Å². The molecule has 1 rings (SSSR count). The fraction of sp³-hybridized carbons (Fsp3) is 0.846. The van der Waals surface area contributed by atoms with Gasteiger partial charge in [0.25, 0.3) is 0 Å². The Morgan fingerprint density at radius 3 is 2.53 bits per heavy atom. The summed E-state index contributed by atoms with van der Waals surface area (Å²) in [4.78, 5) is 25.4. The summed E-state index contributed by atoms with van der Waals surface area (Å²) in [6, 6.07) is 0.101. The van der Waals surface area contributed by atoms with Crippen molar-refractivity contribution in [2.45, 2.75) is 39.2 Å². The largest absolute Gasteiger partial charge is 0.352 e. The first-order chi connectivity index (χ1) is 8.45. The molecule has 112 valence electrons. The lowest BCUT2D eigenvalue weighted by molar-refractivity contribution is -0.139. The number of nitrogens with two attached hydrogens (primary N) is 1. The van der Waals surface area contributed by atoms with E-state index in [0.717, 1.165) is 19.3 Å². The Balaban J connectivity index is 0.00000324. The van der Waals surface area contributed by atoms with Crippen LogP contribution in [-0.4, -0.2) is 42.9 Å². The molecule has 19 heavy (non-hydrogen) atoms. The van der Waals surface area contributed by atoms with Gasteiger partial charge in [-0.05, 0) is 39.2 Å². The van der Waals surface area contributed by atoms with Gasteiger partial charge in [0.2, 0.25) is 11.8 Å². The van der Waals surface area contributed by atoms with E-state index in [0.29, 0.717) is 6.54 Å². The summed E-state index contributed by atoms with van der Waals surface area (Å²) < 4.78 is 0. The van der Waals surface area contributed by atoms with Crippen LogP contribution in [0.3, 0.4) is 0 Å². The lowest BCUT2D eigenvalue weighted by atomic mass is 9.95. The number of nitrogens with one attached hydrogen (secondary N) is 1. The Morgan fingerprint density at radius 2 is 2.00 bits per heavy atom. The fourth-order valence-electron chi connectivity index (χ4n) is 2.59. The van der Waals surface area contributed by atoms with E-state index in [-0.39, 0.29) is 48.6 Å². The molecule has 3 N–H and O–H groups in total. The van der Waals surface area contributed by atoms with Crippen molar-refractivity contribution in [3.63, 3.8) is 0 Å². The Hall–Kier alpha value is -0.810. The molecule has 0 spiro atoms. The summed E-state index contributed by atoms with van der Waals surface area (Å²) in [5, 5.41) is 2.79. The second-order valence-corrected chi connectivity index (χ2v) is 5.45. The van der Waals surface area contributed by atoms with Crippen LogP contribution in [0.4, 0.5) is 0 Å². The van der Waals surface area contributed by atoms with Crippen molar-refractivity contribution >= 4 is 24.2 Å². The van der Waals surface area contributed by atoms with E-state index in [4.69, 9.17) is 5.73 Å². The maximum atomic E-state index is 12.2. The first-order valence-electron chi connectivity index (χ1n) is 6.70. The smallest absolute Gasteiger partial charge is 0.239 e. The third kappa shape index (κ3) is 5.37. The normalized spacial score (nSPS) is 21.9. The van der Waals surface area contributed by atoms with Crippen LogP contribution in [0.2, 0.25) is 0 Å². The average molecular weight is 292 g/mol. The molecule has 2 atom stereocenters. The van der Waals surface area contributed by atoms with E-state index < -0.39 is 0 Å². The molecule has 6 heteroatoms. The minimum absolute atomic E-state index is 0. The zero-order valence-corrected chi connectivity index (χ0v) is 12.8. The van der Waals surface area contributed by atoms with E-state index in [9.17, 15) is 9.59 Å². The van der Waals surface area contributed by atoms with Gasteiger partial charge >= 0.3 is 0 Å². The Kier molecular flexibility index (Phi) is 8.02. The molecule has 0 saturated heterocycles. The SMILES string of the molecule is CC(C)NC(=O)CN(C)C(=O)[C@@H]1CCC[C@@H]1CN.Cl. The number of halogens is 1. The first-order valence-corrected chi connectivity index (χ1v) is 6.70. The van der Waals surface area contributed by atoms with Crippen LogP contribution in [0.1, 0.15) is 33.1 Å². The maximum absolute atomic E-state index is 12.2. The van der Waals surface area contributed by atoms with Gasteiger partial charge in [0.05, 0.1) is 6.54 Å².